The van der Waals surface area contributed by atoms with Crippen LogP contribution in [0.15, 0.2) is 0 Å². The average Bonchev–Trinajstić information content (AvgIpc) is 2.15. The van der Waals surface area contributed by atoms with Crippen LogP contribution in [0.25, 0.3) is 0 Å². The van der Waals surface area contributed by atoms with E-state index < -0.39 is 11.4 Å². The molecule has 0 aliphatic heterocycles. The molecule has 0 bridgehead atoms. The van der Waals surface area contributed by atoms with Gasteiger partial charge >= 0.3 is 5.97 Å². The van der Waals surface area contributed by atoms with Crippen molar-refractivity contribution < 1.29 is 14.6 Å². The largest absolute Gasteiger partial charge is 0.481 e. The van der Waals surface area contributed by atoms with Crippen LogP contribution < -0.4 is 5.73 Å². The lowest BCUT2D eigenvalue weighted by atomic mass is 9.76. The van der Waals surface area contributed by atoms with Gasteiger partial charge in [0.2, 0.25) is 0 Å². The normalized spacial score (nSPS) is 17.5. The molecule has 0 aliphatic rings. The van der Waals surface area contributed by atoms with Gasteiger partial charge in [0.15, 0.2) is 0 Å². The minimum absolute atomic E-state index is 0.0802. The lowest BCUT2D eigenvalue weighted by molar-refractivity contribution is -0.151. The fraction of sp³-hybridized carbons (Fsp3) is 0.909. The molecule has 0 heterocycles. The molecule has 0 amide bonds. The van der Waals surface area contributed by atoms with Gasteiger partial charge < -0.3 is 15.6 Å². The predicted molar refractivity (Wildman–Crippen MR) is 59.7 cm³/mol. The predicted octanol–water partition coefficient (Wildman–Crippen LogP) is 1.49. The lowest BCUT2D eigenvalue weighted by Crippen LogP contribution is -2.42. The Morgan fingerprint density at radius 1 is 1.40 bits per heavy atom. The van der Waals surface area contributed by atoms with Crippen LogP contribution in [0, 0.1) is 11.3 Å². The Morgan fingerprint density at radius 3 is 2.20 bits per heavy atom. The maximum Gasteiger partial charge on any atom is 0.311 e. The molecule has 0 spiro atoms. The zero-order valence-corrected chi connectivity index (χ0v) is 10.1. The molecule has 0 aromatic heterocycles. The standard InChI is InChI=1S/C11H23NO3/c1-8(2)5-11(7-12,10(13)14)6-9(3)15-4/h8-9H,5-7,12H2,1-4H3,(H,13,14). The number of hydrogen-bond acceptors (Lipinski definition) is 3. The Labute approximate surface area is 91.8 Å². The van der Waals surface area contributed by atoms with E-state index in [-0.39, 0.29) is 12.6 Å². The lowest BCUT2D eigenvalue weighted by Gasteiger charge is -2.31. The van der Waals surface area contributed by atoms with Crippen LogP contribution in [0.4, 0.5) is 0 Å². The first-order valence-electron chi connectivity index (χ1n) is 5.34. The summed E-state index contributed by atoms with van der Waals surface area (Å²) in [4.78, 5) is 11.3. The number of carboxylic acid groups (broad SMARTS) is 1. The highest BCUT2D eigenvalue weighted by atomic mass is 16.5. The maximum absolute atomic E-state index is 11.3. The Balaban J connectivity index is 4.73. The van der Waals surface area contributed by atoms with Gasteiger partial charge in [0.05, 0.1) is 11.5 Å². The van der Waals surface area contributed by atoms with Crippen LogP contribution in [0.2, 0.25) is 0 Å². The summed E-state index contributed by atoms with van der Waals surface area (Å²) in [5.74, 6) is -0.503. The van der Waals surface area contributed by atoms with Gasteiger partial charge in [-0.15, -0.1) is 0 Å². The number of ether oxygens (including phenoxy) is 1. The quantitative estimate of drug-likeness (QED) is 0.677. The van der Waals surface area contributed by atoms with Crippen molar-refractivity contribution in [2.45, 2.75) is 39.7 Å². The molecule has 4 heteroatoms. The van der Waals surface area contributed by atoms with Crippen molar-refractivity contribution in [1.82, 2.24) is 0 Å². The van der Waals surface area contributed by atoms with Crippen LogP contribution in [0.5, 0.6) is 0 Å². The zero-order chi connectivity index (χ0) is 12.1. The van der Waals surface area contributed by atoms with Gasteiger partial charge in [0.1, 0.15) is 0 Å². The van der Waals surface area contributed by atoms with Crippen LogP contribution in [-0.4, -0.2) is 30.8 Å². The van der Waals surface area contributed by atoms with E-state index in [1.165, 1.54) is 0 Å². The summed E-state index contributed by atoms with van der Waals surface area (Å²) in [6.07, 6.45) is 0.975. The smallest absolute Gasteiger partial charge is 0.311 e. The van der Waals surface area contributed by atoms with E-state index in [1.807, 2.05) is 20.8 Å². The van der Waals surface area contributed by atoms with Gasteiger partial charge in [-0.2, -0.15) is 0 Å². The Morgan fingerprint density at radius 2 is 1.93 bits per heavy atom. The van der Waals surface area contributed by atoms with E-state index >= 15 is 0 Å². The SMILES string of the molecule is COC(C)CC(CN)(CC(C)C)C(=O)O. The molecule has 2 atom stereocenters. The molecule has 0 aliphatic carbocycles. The summed E-state index contributed by atoms with van der Waals surface area (Å²) in [6.45, 7) is 6.04. The molecule has 0 aromatic rings. The van der Waals surface area contributed by atoms with Gasteiger partial charge in [0, 0.05) is 13.7 Å². The molecule has 2 unspecified atom stereocenters. The van der Waals surface area contributed by atoms with Gasteiger partial charge in [-0.05, 0) is 25.7 Å². The third kappa shape index (κ3) is 4.18. The van der Waals surface area contributed by atoms with Crippen molar-refractivity contribution in [1.29, 1.82) is 0 Å². The summed E-state index contributed by atoms with van der Waals surface area (Å²) in [5, 5.41) is 9.28. The number of hydrogen-bond donors (Lipinski definition) is 2. The number of aliphatic carboxylic acids is 1. The summed E-state index contributed by atoms with van der Waals surface area (Å²) < 4.78 is 5.12. The fourth-order valence-electron chi connectivity index (χ4n) is 1.93. The number of rotatable bonds is 7. The van der Waals surface area contributed by atoms with Gasteiger partial charge in [-0.3, -0.25) is 4.79 Å². The molecular weight excluding hydrogens is 194 g/mol. The van der Waals surface area contributed by atoms with E-state index in [9.17, 15) is 9.90 Å². The summed E-state index contributed by atoms with van der Waals surface area (Å²) in [7, 11) is 1.59. The van der Waals surface area contributed by atoms with Crippen LogP contribution in [0.3, 0.4) is 0 Å². The summed E-state index contributed by atoms with van der Waals surface area (Å²) in [6, 6.07) is 0. The average molecular weight is 217 g/mol. The Kier molecular flexibility index (Phi) is 5.83. The molecule has 0 radical (unpaired) electrons. The first-order chi connectivity index (χ1) is 6.88. The minimum atomic E-state index is -0.844. The first-order valence-corrected chi connectivity index (χ1v) is 5.34. The molecule has 0 saturated carbocycles. The summed E-state index contributed by atoms with van der Waals surface area (Å²) >= 11 is 0. The molecule has 15 heavy (non-hydrogen) atoms. The second-order valence-corrected chi connectivity index (χ2v) is 4.64. The number of carboxylic acids is 1. The van der Waals surface area contributed by atoms with E-state index in [4.69, 9.17) is 10.5 Å². The molecule has 0 rings (SSSR count). The van der Waals surface area contributed by atoms with Crippen molar-refractivity contribution in [3.05, 3.63) is 0 Å². The fourth-order valence-corrected chi connectivity index (χ4v) is 1.93. The molecule has 4 nitrogen and oxygen atoms in total. The van der Waals surface area contributed by atoms with Crippen LogP contribution in [0.1, 0.15) is 33.6 Å². The third-order valence-corrected chi connectivity index (χ3v) is 2.72. The second-order valence-electron chi connectivity index (χ2n) is 4.64. The number of methoxy groups -OCH3 is 1. The molecule has 0 aromatic carbocycles. The third-order valence-electron chi connectivity index (χ3n) is 2.72. The second kappa shape index (κ2) is 6.08. The molecule has 90 valence electrons. The van der Waals surface area contributed by atoms with E-state index in [0.29, 0.717) is 18.8 Å². The molecular formula is C11H23NO3. The number of nitrogens with two attached hydrogens (primary N) is 1. The van der Waals surface area contributed by atoms with Crippen molar-refractivity contribution in [3.63, 3.8) is 0 Å². The molecule has 0 fully saturated rings. The Hall–Kier alpha value is -0.610. The van der Waals surface area contributed by atoms with Crippen LogP contribution >= 0.6 is 0 Å². The molecule has 0 saturated heterocycles. The van der Waals surface area contributed by atoms with E-state index in [1.54, 1.807) is 7.11 Å². The Bertz CT molecular complexity index is 206. The van der Waals surface area contributed by atoms with E-state index in [2.05, 4.69) is 0 Å². The highest BCUT2D eigenvalue weighted by Crippen LogP contribution is 2.31. The monoisotopic (exact) mass is 217 g/mol. The van der Waals surface area contributed by atoms with Crippen molar-refractivity contribution in [2.75, 3.05) is 13.7 Å². The van der Waals surface area contributed by atoms with Crippen LogP contribution in [-0.2, 0) is 9.53 Å². The van der Waals surface area contributed by atoms with Crippen molar-refractivity contribution in [2.24, 2.45) is 17.1 Å². The van der Waals surface area contributed by atoms with Gasteiger partial charge in [-0.1, -0.05) is 13.8 Å². The highest BCUT2D eigenvalue weighted by Gasteiger charge is 2.39. The topological polar surface area (TPSA) is 72.5 Å². The van der Waals surface area contributed by atoms with Gasteiger partial charge in [-0.25, -0.2) is 0 Å². The van der Waals surface area contributed by atoms with Crippen molar-refractivity contribution in [3.8, 4) is 0 Å². The van der Waals surface area contributed by atoms with E-state index in [0.717, 1.165) is 0 Å². The summed E-state index contributed by atoms with van der Waals surface area (Å²) in [5.41, 5.74) is 4.78. The van der Waals surface area contributed by atoms with Crippen molar-refractivity contribution >= 4 is 5.97 Å². The highest BCUT2D eigenvalue weighted by molar-refractivity contribution is 5.75. The van der Waals surface area contributed by atoms with Gasteiger partial charge in [0.25, 0.3) is 0 Å². The maximum atomic E-state index is 11.3. The number of carbonyl (C=O) groups is 1. The first kappa shape index (κ1) is 14.4. The molecule has 3 N–H and O–H groups in total. The minimum Gasteiger partial charge on any atom is -0.481 e. The zero-order valence-electron chi connectivity index (χ0n) is 10.1.